The van der Waals surface area contributed by atoms with Crippen molar-refractivity contribution < 1.29 is 19.2 Å². The molecule has 0 aliphatic heterocycles. The van der Waals surface area contributed by atoms with Crippen molar-refractivity contribution in [1.82, 2.24) is 4.98 Å². The summed E-state index contributed by atoms with van der Waals surface area (Å²) in [5.41, 5.74) is 0.286. The number of nitro groups is 1. The SMILES string of the molecule is COc1ccc([N+](=O)[O-])cc1Oc1ccc(C=O)cn1. The van der Waals surface area contributed by atoms with Gasteiger partial charge in [-0.3, -0.25) is 14.9 Å². The third kappa shape index (κ3) is 2.89. The van der Waals surface area contributed by atoms with Crippen LogP contribution in [0.2, 0.25) is 0 Å². The van der Waals surface area contributed by atoms with Gasteiger partial charge in [-0.2, -0.15) is 0 Å². The first-order chi connectivity index (χ1) is 9.63. The van der Waals surface area contributed by atoms with Gasteiger partial charge in [-0.15, -0.1) is 0 Å². The van der Waals surface area contributed by atoms with Crippen molar-refractivity contribution in [3.05, 3.63) is 52.2 Å². The molecule has 7 heteroatoms. The Balaban J connectivity index is 2.32. The number of ether oxygens (including phenoxy) is 2. The lowest BCUT2D eigenvalue weighted by atomic mass is 10.3. The van der Waals surface area contributed by atoms with Crippen molar-refractivity contribution >= 4 is 12.0 Å². The summed E-state index contributed by atoms with van der Waals surface area (Å²) in [6.45, 7) is 0. The maximum atomic E-state index is 10.7. The van der Waals surface area contributed by atoms with Crippen molar-refractivity contribution in [2.24, 2.45) is 0 Å². The fourth-order valence-electron chi connectivity index (χ4n) is 1.49. The van der Waals surface area contributed by atoms with Crippen LogP contribution in [0.4, 0.5) is 5.69 Å². The van der Waals surface area contributed by atoms with Gasteiger partial charge in [0.1, 0.15) is 0 Å². The third-order valence-electron chi connectivity index (χ3n) is 2.47. The van der Waals surface area contributed by atoms with E-state index in [9.17, 15) is 14.9 Å². The van der Waals surface area contributed by atoms with E-state index in [0.29, 0.717) is 17.6 Å². The first-order valence-corrected chi connectivity index (χ1v) is 5.55. The minimum absolute atomic E-state index is 0.120. The fourth-order valence-corrected chi connectivity index (χ4v) is 1.49. The van der Waals surface area contributed by atoms with Crippen LogP contribution >= 0.6 is 0 Å². The van der Waals surface area contributed by atoms with Gasteiger partial charge in [-0.1, -0.05) is 0 Å². The molecule has 1 heterocycles. The largest absolute Gasteiger partial charge is 0.493 e. The average Bonchev–Trinajstić information content (AvgIpc) is 2.48. The van der Waals surface area contributed by atoms with E-state index in [2.05, 4.69) is 4.98 Å². The second-order valence-electron chi connectivity index (χ2n) is 3.74. The number of carbonyl (C=O) groups is 1. The molecule has 0 fully saturated rings. The number of nitrogens with zero attached hydrogens (tertiary/aromatic N) is 2. The normalized spacial score (nSPS) is 9.85. The van der Waals surface area contributed by atoms with E-state index in [0.717, 1.165) is 0 Å². The average molecular weight is 274 g/mol. The topological polar surface area (TPSA) is 91.6 Å². The third-order valence-corrected chi connectivity index (χ3v) is 2.47. The molecule has 0 unspecified atom stereocenters. The molecule has 2 aromatic rings. The molecule has 1 aromatic heterocycles. The van der Waals surface area contributed by atoms with Gasteiger partial charge < -0.3 is 9.47 Å². The Hall–Kier alpha value is -2.96. The molecular weight excluding hydrogens is 264 g/mol. The van der Waals surface area contributed by atoms with Crippen LogP contribution in [-0.4, -0.2) is 23.3 Å². The highest BCUT2D eigenvalue weighted by Crippen LogP contribution is 2.33. The van der Waals surface area contributed by atoms with Crippen molar-refractivity contribution in [1.29, 1.82) is 0 Å². The van der Waals surface area contributed by atoms with Crippen LogP contribution in [0.1, 0.15) is 10.4 Å². The van der Waals surface area contributed by atoms with E-state index >= 15 is 0 Å². The smallest absolute Gasteiger partial charge is 0.273 e. The van der Waals surface area contributed by atoms with Gasteiger partial charge in [0.25, 0.3) is 5.69 Å². The summed E-state index contributed by atoms with van der Waals surface area (Å²) in [5, 5.41) is 10.7. The molecule has 20 heavy (non-hydrogen) atoms. The summed E-state index contributed by atoms with van der Waals surface area (Å²) < 4.78 is 10.5. The van der Waals surface area contributed by atoms with Crippen LogP contribution in [0.3, 0.4) is 0 Å². The molecular formula is C13H10N2O5. The van der Waals surface area contributed by atoms with Crippen molar-refractivity contribution in [3.8, 4) is 17.4 Å². The fraction of sp³-hybridized carbons (Fsp3) is 0.0769. The molecule has 7 nitrogen and oxygen atoms in total. The quantitative estimate of drug-likeness (QED) is 0.472. The monoisotopic (exact) mass is 274 g/mol. The highest BCUT2D eigenvalue weighted by molar-refractivity contribution is 5.74. The number of aromatic nitrogens is 1. The summed E-state index contributed by atoms with van der Waals surface area (Å²) in [4.78, 5) is 24.6. The Morgan fingerprint density at radius 3 is 2.60 bits per heavy atom. The number of pyridine rings is 1. The Kier molecular flexibility index (Phi) is 3.90. The Morgan fingerprint density at radius 1 is 1.25 bits per heavy atom. The van der Waals surface area contributed by atoms with Gasteiger partial charge in [0, 0.05) is 23.9 Å². The summed E-state index contributed by atoms with van der Waals surface area (Å²) in [6.07, 6.45) is 2.00. The molecule has 0 saturated carbocycles. The molecule has 1 aromatic carbocycles. The molecule has 0 amide bonds. The molecule has 0 aliphatic rings. The lowest BCUT2D eigenvalue weighted by Gasteiger charge is -2.09. The van der Waals surface area contributed by atoms with E-state index in [-0.39, 0.29) is 17.3 Å². The number of rotatable bonds is 5. The van der Waals surface area contributed by atoms with Gasteiger partial charge in [-0.05, 0) is 12.1 Å². The molecule has 0 spiro atoms. The molecule has 0 radical (unpaired) electrons. The Morgan fingerprint density at radius 2 is 2.05 bits per heavy atom. The molecule has 0 N–H and O–H groups in total. The van der Waals surface area contributed by atoms with Gasteiger partial charge in [0.15, 0.2) is 17.8 Å². The van der Waals surface area contributed by atoms with Gasteiger partial charge in [-0.25, -0.2) is 4.98 Å². The Bertz CT molecular complexity index is 640. The number of aldehydes is 1. The number of nitro benzene ring substituents is 1. The van der Waals surface area contributed by atoms with Crippen LogP contribution < -0.4 is 9.47 Å². The zero-order valence-electron chi connectivity index (χ0n) is 10.5. The Labute approximate surface area is 113 Å². The zero-order chi connectivity index (χ0) is 14.5. The first-order valence-electron chi connectivity index (χ1n) is 5.55. The lowest BCUT2D eigenvalue weighted by Crippen LogP contribution is -1.95. The minimum atomic E-state index is -0.533. The summed E-state index contributed by atoms with van der Waals surface area (Å²) in [7, 11) is 1.43. The van der Waals surface area contributed by atoms with E-state index in [4.69, 9.17) is 9.47 Å². The van der Waals surface area contributed by atoms with Crippen molar-refractivity contribution in [2.75, 3.05) is 7.11 Å². The van der Waals surface area contributed by atoms with E-state index in [1.54, 1.807) is 0 Å². The minimum Gasteiger partial charge on any atom is -0.493 e. The number of hydrogen-bond donors (Lipinski definition) is 0. The molecule has 0 atom stereocenters. The maximum absolute atomic E-state index is 10.7. The van der Waals surface area contributed by atoms with Gasteiger partial charge in [0.05, 0.1) is 18.1 Å². The second kappa shape index (κ2) is 5.79. The van der Waals surface area contributed by atoms with E-state index in [1.165, 1.54) is 43.6 Å². The van der Waals surface area contributed by atoms with Crippen LogP contribution in [-0.2, 0) is 0 Å². The number of benzene rings is 1. The number of methoxy groups -OCH3 is 1. The summed E-state index contributed by atoms with van der Waals surface area (Å²) >= 11 is 0. The van der Waals surface area contributed by atoms with Crippen molar-refractivity contribution in [3.63, 3.8) is 0 Å². The van der Waals surface area contributed by atoms with Crippen LogP contribution in [0, 0.1) is 10.1 Å². The number of non-ortho nitro benzene ring substituents is 1. The van der Waals surface area contributed by atoms with E-state index in [1.807, 2.05) is 0 Å². The maximum Gasteiger partial charge on any atom is 0.273 e. The van der Waals surface area contributed by atoms with Gasteiger partial charge in [0.2, 0.25) is 5.88 Å². The second-order valence-corrected chi connectivity index (χ2v) is 3.74. The number of hydrogen-bond acceptors (Lipinski definition) is 6. The molecule has 0 saturated heterocycles. The standard InChI is InChI=1S/C13H10N2O5/c1-19-11-4-3-10(15(17)18)6-12(11)20-13-5-2-9(8-16)7-14-13/h2-8H,1H3. The highest BCUT2D eigenvalue weighted by atomic mass is 16.6. The lowest BCUT2D eigenvalue weighted by molar-refractivity contribution is -0.384. The van der Waals surface area contributed by atoms with E-state index < -0.39 is 4.92 Å². The predicted molar refractivity (Wildman–Crippen MR) is 69.3 cm³/mol. The van der Waals surface area contributed by atoms with Crippen LogP contribution in [0.15, 0.2) is 36.5 Å². The number of carbonyl (C=O) groups excluding carboxylic acids is 1. The van der Waals surface area contributed by atoms with Crippen molar-refractivity contribution in [2.45, 2.75) is 0 Å². The van der Waals surface area contributed by atoms with Crippen LogP contribution in [0.25, 0.3) is 0 Å². The zero-order valence-corrected chi connectivity index (χ0v) is 10.5. The van der Waals surface area contributed by atoms with Crippen LogP contribution in [0.5, 0.6) is 17.4 Å². The highest BCUT2D eigenvalue weighted by Gasteiger charge is 2.13. The molecule has 0 bridgehead atoms. The molecule has 0 aliphatic carbocycles. The predicted octanol–water partition coefficient (Wildman–Crippen LogP) is 2.60. The summed E-state index contributed by atoms with van der Waals surface area (Å²) in [6, 6.07) is 7.01. The molecule has 102 valence electrons. The summed E-state index contributed by atoms with van der Waals surface area (Å²) in [5.74, 6) is 0.722. The first kappa shape index (κ1) is 13.5. The molecule has 2 rings (SSSR count). The van der Waals surface area contributed by atoms with Gasteiger partial charge >= 0.3 is 0 Å².